The van der Waals surface area contributed by atoms with Crippen molar-refractivity contribution in [2.24, 2.45) is 7.05 Å². The summed E-state index contributed by atoms with van der Waals surface area (Å²) in [5.41, 5.74) is 2.87. The Labute approximate surface area is 156 Å². The van der Waals surface area contributed by atoms with Crippen molar-refractivity contribution in [2.45, 2.75) is 0 Å². The van der Waals surface area contributed by atoms with Gasteiger partial charge in [0.1, 0.15) is 11.4 Å². The Morgan fingerprint density at radius 1 is 1.11 bits per heavy atom. The van der Waals surface area contributed by atoms with Gasteiger partial charge in [-0.25, -0.2) is 0 Å². The first-order valence-corrected chi connectivity index (χ1v) is 8.23. The lowest BCUT2D eigenvalue weighted by atomic mass is 10.1. The van der Waals surface area contributed by atoms with Gasteiger partial charge in [-0.1, -0.05) is 12.1 Å². The number of hydrogen-bond donors (Lipinski definition) is 2. The Bertz CT molecular complexity index is 950. The van der Waals surface area contributed by atoms with E-state index in [2.05, 4.69) is 20.7 Å². The number of rotatable bonds is 6. The van der Waals surface area contributed by atoms with E-state index < -0.39 is 0 Å². The van der Waals surface area contributed by atoms with E-state index in [4.69, 9.17) is 4.74 Å². The van der Waals surface area contributed by atoms with Gasteiger partial charge in [0.2, 0.25) is 5.91 Å². The molecule has 0 saturated carbocycles. The molecule has 3 rings (SSSR count). The van der Waals surface area contributed by atoms with Crippen molar-refractivity contribution in [1.82, 2.24) is 20.1 Å². The average molecular weight is 365 g/mol. The van der Waals surface area contributed by atoms with E-state index in [1.54, 1.807) is 44.8 Å². The van der Waals surface area contributed by atoms with E-state index in [1.807, 2.05) is 18.2 Å². The average Bonchev–Trinajstić information content (AvgIpc) is 3.13. The van der Waals surface area contributed by atoms with Crippen LogP contribution in [0.25, 0.3) is 11.1 Å². The SMILES string of the molecule is COc1cnccc1-c1ccc(NC(=O)CNC(=O)c2ccnn2C)cc1. The van der Waals surface area contributed by atoms with E-state index in [0.29, 0.717) is 17.1 Å². The molecule has 0 fully saturated rings. The molecule has 3 aromatic rings. The lowest BCUT2D eigenvalue weighted by Gasteiger charge is -2.10. The van der Waals surface area contributed by atoms with Crippen LogP contribution in [0.1, 0.15) is 10.5 Å². The molecular weight excluding hydrogens is 346 g/mol. The number of hydrogen-bond acceptors (Lipinski definition) is 5. The standard InChI is InChI=1S/C19H19N5O3/c1-24-16(8-10-22-24)19(26)21-12-18(25)23-14-5-3-13(4-6-14)15-7-9-20-11-17(15)27-2/h3-11H,12H2,1-2H3,(H,21,26)(H,23,25). The summed E-state index contributed by atoms with van der Waals surface area (Å²) in [7, 11) is 3.25. The van der Waals surface area contributed by atoms with Crippen LogP contribution in [0.2, 0.25) is 0 Å². The number of aryl methyl sites for hydroxylation is 1. The second-order valence-electron chi connectivity index (χ2n) is 5.72. The van der Waals surface area contributed by atoms with E-state index in [-0.39, 0.29) is 18.4 Å². The van der Waals surface area contributed by atoms with E-state index in [0.717, 1.165) is 11.1 Å². The second-order valence-corrected chi connectivity index (χ2v) is 5.72. The summed E-state index contributed by atoms with van der Waals surface area (Å²) in [6.45, 7) is -0.135. The first-order chi connectivity index (χ1) is 13.1. The van der Waals surface area contributed by atoms with Crippen LogP contribution >= 0.6 is 0 Å². The van der Waals surface area contributed by atoms with Crippen molar-refractivity contribution >= 4 is 17.5 Å². The fraction of sp³-hybridized carbons (Fsp3) is 0.158. The van der Waals surface area contributed by atoms with Crippen molar-refractivity contribution in [2.75, 3.05) is 19.0 Å². The molecular formula is C19H19N5O3. The van der Waals surface area contributed by atoms with Crippen LogP contribution in [0.3, 0.4) is 0 Å². The molecule has 0 aliphatic rings. The monoisotopic (exact) mass is 365 g/mol. The van der Waals surface area contributed by atoms with Gasteiger partial charge in [0, 0.05) is 30.7 Å². The fourth-order valence-electron chi connectivity index (χ4n) is 2.57. The number of pyridine rings is 1. The number of benzene rings is 1. The van der Waals surface area contributed by atoms with Gasteiger partial charge in [-0.15, -0.1) is 0 Å². The largest absolute Gasteiger partial charge is 0.494 e. The van der Waals surface area contributed by atoms with Gasteiger partial charge in [0.05, 0.1) is 19.9 Å². The maximum atomic E-state index is 12.1. The summed E-state index contributed by atoms with van der Waals surface area (Å²) in [6.07, 6.45) is 4.86. The summed E-state index contributed by atoms with van der Waals surface area (Å²) in [6, 6.07) is 10.8. The number of carbonyl (C=O) groups excluding carboxylic acids is 2. The molecule has 0 spiro atoms. The number of amides is 2. The molecule has 2 amide bonds. The number of carbonyl (C=O) groups is 2. The highest BCUT2D eigenvalue weighted by atomic mass is 16.5. The number of methoxy groups -OCH3 is 1. The summed E-state index contributed by atoms with van der Waals surface area (Å²) in [4.78, 5) is 28.1. The van der Waals surface area contributed by atoms with E-state index >= 15 is 0 Å². The molecule has 8 nitrogen and oxygen atoms in total. The highest BCUT2D eigenvalue weighted by Crippen LogP contribution is 2.29. The van der Waals surface area contributed by atoms with Crippen molar-refractivity contribution < 1.29 is 14.3 Å². The van der Waals surface area contributed by atoms with Crippen LogP contribution in [-0.4, -0.2) is 40.2 Å². The molecule has 2 heterocycles. The zero-order valence-corrected chi connectivity index (χ0v) is 15.0. The number of nitrogens with zero attached hydrogens (tertiary/aromatic N) is 3. The molecule has 0 radical (unpaired) electrons. The molecule has 8 heteroatoms. The van der Waals surface area contributed by atoms with Gasteiger partial charge < -0.3 is 15.4 Å². The minimum atomic E-state index is -0.356. The summed E-state index contributed by atoms with van der Waals surface area (Å²) >= 11 is 0. The molecule has 27 heavy (non-hydrogen) atoms. The first kappa shape index (κ1) is 18.1. The Morgan fingerprint density at radius 2 is 1.89 bits per heavy atom. The zero-order chi connectivity index (χ0) is 19.2. The van der Waals surface area contributed by atoms with Gasteiger partial charge >= 0.3 is 0 Å². The van der Waals surface area contributed by atoms with Crippen LogP contribution in [0.15, 0.2) is 55.0 Å². The van der Waals surface area contributed by atoms with Crippen LogP contribution in [-0.2, 0) is 11.8 Å². The quantitative estimate of drug-likeness (QED) is 0.695. The lowest BCUT2D eigenvalue weighted by Crippen LogP contribution is -2.33. The highest BCUT2D eigenvalue weighted by Gasteiger charge is 2.11. The smallest absolute Gasteiger partial charge is 0.269 e. The minimum Gasteiger partial charge on any atom is -0.494 e. The van der Waals surface area contributed by atoms with Gasteiger partial charge in [0.15, 0.2) is 0 Å². The second kappa shape index (κ2) is 8.13. The molecule has 2 N–H and O–H groups in total. The van der Waals surface area contributed by atoms with E-state index in [9.17, 15) is 9.59 Å². The van der Waals surface area contributed by atoms with Crippen molar-refractivity contribution in [3.8, 4) is 16.9 Å². The number of ether oxygens (including phenoxy) is 1. The van der Waals surface area contributed by atoms with E-state index in [1.165, 1.54) is 10.9 Å². The Hall–Kier alpha value is -3.68. The van der Waals surface area contributed by atoms with Gasteiger partial charge in [-0.3, -0.25) is 19.3 Å². The molecule has 0 bridgehead atoms. The van der Waals surface area contributed by atoms with Crippen LogP contribution < -0.4 is 15.4 Å². The molecule has 138 valence electrons. The maximum absolute atomic E-state index is 12.1. The lowest BCUT2D eigenvalue weighted by molar-refractivity contribution is -0.115. The molecule has 0 saturated heterocycles. The normalized spacial score (nSPS) is 10.3. The number of anilines is 1. The molecule has 0 unspecified atom stereocenters. The predicted octanol–water partition coefficient (Wildman–Crippen LogP) is 1.86. The fourth-order valence-corrected chi connectivity index (χ4v) is 2.57. The zero-order valence-electron chi connectivity index (χ0n) is 15.0. The molecule has 0 aliphatic carbocycles. The highest BCUT2D eigenvalue weighted by molar-refractivity contribution is 5.98. The van der Waals surface area contributed by atoms with Crippen LogP contribution in [0.4, 0.5) is 5.69 Å². The Kier molecular flexibility index (Phi) is 5.46. The third-order valence-electron chi connectivity index (χ3n) is 3.95. The minimum absolute atomic E-state index is 0.135. The summed E-state index contributed by atoms with van der Waals surface area (Å²) in [5, 5.41) is 9.23. The van der Waals surface area contributed by atoms with Crippen LogP contribution in [0, 0.1) is 0 Å². The Balaban J connectivity index is 1.59. The molecule has 2 aromatic heterocycles. The maximum Gasteiger partial charge on any atom is 0.269 e. The predicted molar refractivity (Wildman–Crippen MR) is 100 cm³/mol. The third kappa shape index (κ3) is 4.30. The topological polar surface area (TPSA) is 98.1 Å². The van der Waals surface area contributed by atoms with Gasteiger partial charge in [-0.05, 0) is 29.8 Å². The van der Waals surface area contributed by atoms with Crippen LogP contribution in [0.5, 0.6) is 5.75 Å². The summed E-state index contributed by atoms with van der Waals surface area (Å²) in [5.74, 6) is -0.00259. The van der Waals surface area contributed by atoms with Crippen molar-refractivity contribution in [3.05, 3.63) is 60.7 Å². The van der Waals surface area contributed by atoms with Gasteiger partial charge in [0.25, 0.3) is 5.91 Å². The number of nitrogens with one attached hydrogen (secondary N) is 2. The third-order valence-corrected chi connectivity index (χ3v) is 3.95. The van der Waals surface area contributed by atoms with Crippen molar-refractivity contribution in [1.29, 1.82) is 0 Å². The molecule has 0 atom stereocenters. The first-order valence-electron chi connectivity index (χ1n) is 8.23. The van der Waals surface area contributed by atoms with Gasteiger partial charge in [-0.2, -0.15) is 5.10 Å². The number of aromatic nitrogens is 3. The summed E-state index contributed by atoms with van der Waals surface area (Å²) < 4.78 is 6.75. The Morgan fingerprint density at radius 3 is 2.56 bits per heavy atom. The molecule has 0 aliphatic heterocycles. The molecule has 1 aromatic carbocycles. The van der Waals surface area contributed by atoms with Crippen molar-refractivity contribution in [3.63, 3.8) is 0 Å².